The monoisotopic (exact) mass is 241 g/mol. The van der Waals surface area contributed by atoms with E-state index in [-0.39, 0.29) is 17.7 Å². The van der Waals surface area contributed by atoms with Gasteiger partial charge in [0.2, 0.25) is 11.8 Å². The number of carbonyl (C=O) groups is 2. The average molecular weight is 241 g/mol. The molecule has 1 aliphatic rings. The van der Waals surface area contributed by atoms with E-state index in [1.54, 1.807) is 4.90 Å². The molecular weight excluding hydrogens is 218 g/mol. The van der Waals surface area contributed by atoms with E-state index < -0.39 is 5.41 Å². The summed E-state index contributed by atoms with van der Waals surface area (Å²) in [6, 6.07) is 0. The van der Waals surface area contributed by atoms with Crippen LogP contribution in [0.2, 0.25) is 0 Å². The molecule has 0 aromatic rings. The Bertz CT molecular complexity index is 292. The van der Waals surface area contributed by atoms with Gasteiger partial charge in [-0.15, -0.1) is 0 Å². The van der Waals surface area contributed by atoms with Crippen LogP contribution in [0.25, 0.3) is 0 Å². The summed E-state index contributed by atoms with van der Waals surface area (Å²) in [4.78, 5) is 25.3. The van der Waals surface area contributed by atoms with Crippen molar-refractivity contribution in [1.29, 1.82) is 0 Å². The Morgan fingerprint density at radius 3 is 2.29 bits per heavy atom. The lowest BCUT2D eigenvalue weighted by Crippen LogP contribution is -2.47. The highest BCUT2D eigenvalue weighted by Gasteiger charge is 2.40. The zero-order valence-electron chi connectivity index (χ0n) is 10.7. The number of nitrogens with two attached hydrogens (primary N) is 2. The number of likely N-dealkylation sites (tertiary alicyclic amines) is 1. The van der Waals surface area contributed by atoms with Crippen molar-refractivity contribution < 1.29 is 9.59 Å². The molecule has 0 radical (unpaired) electrons. The highest BCUT2D eigenvalue weighted by atomic mass is 16.2. The Morgan fingerprint density at radius 2 is 1.94 bits per heavy atom. The molecule has 1 saturated heterocycles. The van der Waals surface area contributed by atoms with Crippen LogP contribution in [0.3, 0.4) is 0 Å². The molecule has 0 aromatic heterocycles. The van der Waals surface area contributed by atoms with Crippen LogP contribution in [0.15, 0.2) is 0 Å². The standard InChI is InChI=1S/C12H23N3O2/c1-3-12(4-2,8-13)11(17)15-6-5-9(7-15)10(14)16/h9H,3-8,13H2,1-2H3,(H2,14,16). The number of amides is 2. The minimum atomic E-state index is -0.466. The highest BCUT2D eigenvalue weighted by Crippen LogP contribution is 2.30. The molecule has 0 spiro atoms. The van der Waals surface area contributed by atoms with Crippen molar-refractivity contribution in [3.63, 3.8) is 0 Å². The number of nitrogens with zero attached hydrogens (tertiary/aromatic N) is 1. The Kier molecular flexibility index (Phi) is 4.51. The number of carbonyl (C=O) groups excluding carboxylic acids is 2. The first-order valence-corrected chi connectivity index (χ1v) is 6.29. The van der Waals surface area contributed by atoms with E-state index in [2.05, 4.69) is 0 Å². The van der Waals surface area contributed by atoms with E-state index in [9.17, 15) is 9.59 Å². The van der Waals surface area contributed by atoms with Gasteiger partial charge in [-0.2, -0.15) is 0 Å². The van der Waals surface area contributed by atoms with Gasteiger partial charge in [0.1, 0.15) is 0 Å². The first kappa shape index (κ1) is 14.0. The van der Waals surface area contributed by atoms with Gasteiger partial charge >= 0.3 is 0 Å². The van der Waals surface area contributed by atoms with E-state index in [0.717, 1.165) is 12.8 Å². The molecule has 98 valence electrons. The van der Waals surface area contributed by atoms with Crippen LogP contribution in [-0.4, -0.2) is 36.3 Å². The molecule has 0 bridgehead atoms. The number of hydrogen-bond acceptors (Lipinski definition) is 3. The molecule has 1 unspecified atom stereocenters. The second-order valence-electron chi connectivity index (χ2n) is 4.83. The van der Waals surface area contributed by atoms with Crippen molar-refractivity contribution in [2.45, 2.75) is 33.1 Å². The zero-order chi connectivity index (χ0) is 13.1. The maximum absolute atomic E-state index is 12.4. The van der Waals surface area contributed by atoms with Crippen molar-refractivity contribution in [3.05, 3.63) is 0 Å². The number of primary amides is 1. The molecule has 1 aliphatic heterocycles. The molecule has 5 heteroatoms. The molecule has 0 saturated carbocycles. The van der Waals surface area contributed by atoms with Crippen molar-refractivity contribution in [3.8, 4) is 0 Å². The van der Waals surface area contributed by atoms with Gasteiger partial charge in [0.15, 0.2) is 0 Å². The Labute approximate surface area is 103 Å². The Balaban J connectivity index is 2.74. The molecule has 0 aliphatic carbocycles. The third-order valence-corrected chi connectivity index (χ3v) is 4.08. The summed E-state index contributed by atoms with van der Waals surface area (Å²) in [7, 11) is 0. The summed E-state index contributed by atoms with van der Waals surface area (Å²) in [5.41, 5.74) is 10.6. The van der Waals surface area contributed by atoms with Crippen LogP contribution >= 0.6 is 0 Å². The summed E-state index contributed by atoms with van der Waals surface area (Å²) in [5, 5.41) is 0. The minimum absolute atomic E-state index is 0.0775. The maximum Gasteiger partial charge on any atom is 0.230 e. The predicted octanol–water partition coefficient (Wildman–Crippen LogP) is 0.0853. The third kappa shape index (κ3) is 2.60. The summed E-state index contributed by atoms with van der Waals surface area (Å²) < 4.78 is 0. The van der Waals surface area contributed by atoms with Gasteiger partial charge in [-0.05, 0) is 19.3 Å². The number of rotatable bonds is 5. The van der Waals surface area contributed by atoms with Crippen molar-refractivity contribution in [2.75, 3.05) is 19.6 Å². The second kappa shape index (κ2) is 5.49. The van der Waals surface area contributed by atoms with Gasteiger partial charge in [-0.3, -0.25) is 9.59 Å². The number of hydrogen-bond donors (Lipinski definition) is 2. The van der Waals surface area contributed by atoms with E-state index in [4.69, 9.17) is 11.5 Å². The summed E-state index contributed by atoms with van der Waals surface area (Å²) in [6.45, 7) is 5.40. The Hall–Kier alpha value is -1.10. The fraction of sp³-hybridized carbons (Fsp3) is 0.833. The lowest BCUT2D eigenvalue weighted by atomic mass is 9.81. The lowest BCUT2D eigenvalue weighted by molar-refractivity contribution is -0.141. The fourth-order valence-electron chi connectivity index (χ4n) is 2.44. The van der Waals surface area contributed by atoms with E-state index in [1.807, 2.05) is 13.8 Å². The summed E-state index contributed by atoms with van der Waals surface area (Å²) >= 11 is 0. The lowest BCUT2D eigenvalue weighted by Gasteiger charge is -2.33. The normalized spacial score (nSPS) is 20.6. The average Bonchev–Trinajstić information content (AvgIpc) is 2.81. The van der Waals surface area contributed by atoms with Crippen LogP contribution in [0.4, 0.5) is 0 Å². The molecule has 1 atom stereocenters. The first-order valence-electron chi connectivity index (χ1n) is 6.29. The smallest absolute Gasteiger partial charge is 0.230 e. The van der Waals surface area contributed by atoms with Crippen molar-refractivity contribution >= 4 is 11.8 Å². The molecule has 4 N–H and O–H groups in total. The van der Waals surface area contributed by atoms with E-state index in [0.29, 0.717) is 26.1 Å². The van der Waals surface area contributed by atoms with Gasteiger partial charge in [0, 0.05) is 19.6 Å². The SMILES string of the molecule is CCC(CC)(CN)C(=O)N1CCC(C(N)=O)C1. The topological polar surface area (TPSA) is 89.4 Å². The Morgan fingerprint density at radius 1 is 1.35 bits per heavy atom. The van der Waals surface area contributed by atoms with Gasteiger partial charge in [-0.1, -0.05) is 13.8 Å². The molecule has 2 amide bonds. The van der Waals surface area contributed by atoms with Gasteiger partial charge in [0.25, 0.3) is 0 Å². The quantitative estimate of drug-likeness (QED) is 0.714. The maximum atomic E-state index is 12.4. The second-order valence-corrected chi connectivity index (χ2v) is 4.83. The molecule has 5 nitrogen and oxygen atoms in total. The van der Waals surface area contributed by atoms with Gasteiger partial charge < -0.3 is 16.4 Å². The van der Waals surface area contributed by atoms with Crippen LogP contribution in [0, 0.1) is 11.3 Å². The van der Waals surface area contributed by atoms with Crippen molar-refractivity contribution in [2.24, 2.45) is 22.8 Å². The van der Waals surface area contributed by atoms with E-state index >= 15 is 0 Å². The molecule has 17 heavy (non-hydrogen) atoms. The van der Waals surface area contributed by atoms with Gasteiger partial charge in [-0.25, -0.2) is 0 Å². The molecule has 0 aromatic carbocycles. The van der Waals surface area contributed by atoms with Crippen molar-refractivity contribution in [1.82, 2.24) is 4.90 Å². The third-order valence-electron chi connectivity index (χ3n) is 4.08. The molecule has 1 heterocycles. The largest absolute Gasteiger partial charge is 0.369 e. The van der Waals surface area contributed by atoms with Crippen LogP contribution in [0.1, 0.15) is 33.1 Å². The van der Waals surface area contributed by atoms with E-state index in [1.165, 1.54) is 0 Å². The fourth-order valence-corrected chi connectivity index (χ4v) is 2.44. The first-order chi connectivity index (χ1) is 8.00. The zero-order valence-corrected chi connectivity index (χ0v) is 10.7. The summed E-state index contributed by atoms with van der Waals surface area (Å²) in [5.74, 6) is -0.427. The molecule has 1 fully saturated rings. The van der Waals surface area contributed by atoms with Crippen LogP contribution in [0.5, 0.6) is 0 Å². The van der Waals surface area contributed by atoms with Crippen LogP contribution < -0.4 is 11.5 Å². The molecule has 1 rings (SSSR count). The van der Waals surface area contributed by atoms with Gasteiger partial charge in [0.05, 0.1) is 11.3 Å². The minimum Gasteiger partial charge on any atom is -0.369 e. The molecular formula is C12H23N3O2. The predicted molar refractivity (Wildman–Crippen MR) is 66.0 cm³/mol. The summed E-state index contributed by atoms with van der Waals surface area (Å²) in [6.07, 6.45) is 2.14. The highest BCUT2D eigenvalue weighted by molar-refractivity contribution is 5.85. The van der Waals surface area contributed by atoms with Crippen LogP contribution in [-0.2, 0) is 9.59 Å².